The minimum Gasteiger partial charge on any atom is -0.345 e. The molecule has 0 fully saturated rings. The first kappa shape index (κ1) is 12.4. The molecule has 0 aliphatic heterocycles. The third kappa shape index (κ3) is 2.15. The number of pyridine rings is 1. The number of nitriles is 1. The van der Waals surface area contributed by atoms with Crippen molar-refractivity contribution in [1.29, 1.82) is 5.26 Å². The van der Waals surface area contributed by atoms with E-state index in [9.17, 15) is 8.78 Å². The molecule has 0 spiro atoms. The number of H-pyrrole nitrogens is 1. The summed E-state index contributed by atoms with van der Waals surface area (Å²) in [5.74, 6) is -1.03. The molecule has 0 atom stereocenters. The molecule has 5 heteroatoms. The zero-order valence-corrected chi connectivity index (χ0v) is 10.2. The SMILES string of the molecule is Cc1cc(F)c(-c2ccc(C#N)c(=S)[nH]2)cc1F. The van der Waals surface area contributed by atoms with Crippen LogP contribution in [0.2, 0.25) is 0 Å². The van der Waals surface area contributed by atoms with Crippen LogP contribution in [0.4, 0.5) is 8.78 Å². The third-order valence-electron chi connectivity index (χ3n) is 2.57. The van der Waals surface area contributed by atoms with E-state index in [1.54, 1.807) is 0 Å². The second-order valence-electron chi connectivity index (χ2n) is 3.81. The Balaban J connectivity index is 2.63. The number of nitrogens with zero attached hydrogens (tertiary/aromatic N) is 1. The van der Waals surface area contributed by atoms with Gasteiger partial charge < -0.3 is 4.98 Å². The Morgan fingerprint density at radius 3 is 2.56 bits per heavy atom. The average molecular weight is 262 g/mol. The van der Waals surface area contributed by atoms with Crippen LogP contribution >= 0.6 is 12.2 Å². The number of aryl methyl sites for hydroxylation is 1. The van der Waals surface area contributed by atoms with E-state index >= 15 is 0 Å². The number of benzene rings is 1. The van der Waals surface area contributed by atoms with Crippen molar-refractivity contribution in [2.24, 2.45) is 0 Å². The molecule has 1 heterocycles. The Labute approximate surface area is 108 Å². The topological polar surface area (TPSA) is 39.6 Å². The van der Waals surface area contributed by atoms with Gasteiger partial charge >= 0.3 is 0 Å². The third-order valence-corrected chi connectivity index (χ3v) is 2.89. The van der Waals surface area contributed by atoms with Crippen LogP contribution in [0.1, 0.15) is 11.1 Å². The molecule has 0 saturated heterocycles. The molecule has 2 nitrogen and oxygen atoms in total. The van der Waals surface area contributed by atoms with Gasteiger partial charge in [0.15, 0.2) is 0 Å². The first-order valence-corrected chi connectivity index (χ1v) is 5.53. The number of aromatic nitrogens is 1. The summed E-state index contributed by atoms with van der Waals surface area (Å²) in [7, 11) is 0. The summed E-state index contributed by atoms with van der Waals surface area (Å²) < 4.78 is 27.4. The van der Waals surface area contributed by atoms with Crippen LogP contribution in [-0.4, -0.2) is 4.98 Å². The summed E-state index contributed by atoms with van der Waals surface area (Å²) in [6.45, 7) is 1.49. The Hall–Kier alpha value is -2.06. The van der Waals surface area contributed by atoms with Gasteiger partial charge in [-0.05, 0) is 36.8 Å². The molecule has 0 saturated carbocycles. The number of nitrogens with one attached hydrogen (secondary N) is 1. The zero-order chi connectivity index (χ0) is 13.3. The first-order valence-electron chi connectivity index (χ1n) is 5.12. The minimum absolute atomic E-state index is 0.0914. The normalized spacial score (nSPS) is 10.1. The number of hydrogen-bond donors (Lipinski definition) is 1. The van der Waals surface area contributed by atoms with Crippen molar-refractivity contribution in [3.8, 4) is 17.3 Å². The number of rotatable bonds is 1. The highest BCUT2D eigenvalue weighted by molar-refractivity contribution is 7.71. The predicted octanol–water partition coefficient (Wildman–Crippen LogP) is 3.87. The molecule has 1 N–H and O–H groups in total. The molecule has 0 aliphatic carbocycles. The smallest absolute Gasteiger partial charge is 0.132 e. The summed E-state index contributed by atoms with van der Waals surface area (Å²) in [5.41, 5.74) is 0.967. The maximum absolute atomic E-state index is 13.7. The monoisotopic (exact) mass is 262 g/mol. The molecular formula is C13H8F2N2S. The van der Waals surface area contributed by atoms with E-state index in [4.69, 9.17) is 17.5 Å². The largest absolute Gasteiger partial charge is 0.345 e. The number of aromatic amines is 1. The van der Waals surface area contributed by atoms with Gasteiger partial charge in [0.1, 0.15) is 22.3 Å². The molecule has 1 aromatic heterocycles. The maximum Gasteiger partial charge on any atom is 0.132 e. The van der Waals surface area contributed by atoms with Crippen LogP contribution < -0.4 is 0 Å². The Kier molecular flexibility index (Phi) is 3.21. The van der Waals surface area contributed by atoms with E-state index in [2.05, 4.69) is 4.98 Å². The average Bonchev–Trinajstić information content (AvgIpc) is 2.33. The van der Waals surface area contributed by atoms with Crippen molar-refractivity contribution >= 4 is 12.2 Å². The fourth-order valence-corrected chi connectivity index (χ4v) is 1.80. The first-order chi connectivity index (χ1) is 8.52. The summed E-state index contributed by atoms with van der Waals surface area (Å²) in [4.78, 5) is 2.72. The van der Waals surface area contributed by atoms with Crippen LogP contribution in [0.25, 0.3) is 11.3 Å². The molecular weight excluding hydrogens is 254 g/mol. The molecule has 0 bridgehead atoms. The Morgan fingerprint density at radius 1 is 1.22 bits per heavy atom. The van der Waals surface area contributed by atoms with Crippen LogP contribution in [0, 0.1) is 34.5 Å². The lowest BCUT2D eigenvalue weighted by molar-refractivity contribution is 0.595. The predicted molar refractivity (Wildman–Crippen MR) is 66.4 cm³/mol. The van der Waals surface area contributed by atoms with E-state index < -0.39 is 11.6 Å². The molecule has 0 aliphatic rings. The van der Waals surface area contributed by atoms with Gasteiger partial charge in [0.25, 0.3) is 0 Å². The van der Waals surface area contributed by atoms with Gasteiger partial charge in [-0.1, -0.05) is 12.2 Å². The van der Waals surface area contributed by atoms with Crippen LogP contribution in [0.3, 0.4) is 0 Å². The summed E-state index contributed by atoms with van der Waals surface area (Å²) in [6, 6.07) is 7.12. The molecule has 1 aromatic carbocycles. The van der Waals surface area contributed by atoms with Crippen molar-refractivity contribution in [3.63, 3.8) is 0 Å². The Morgan fingerprint density at radius 2 is 1.94 bits per heavy atom. The fraction of sp³-hybridized carbons (Fsp3) is 0.0769. The quantitative estimate of drug-likeness (QED) is 0.792. The van der Waals surface area contributed by atoms with Gasteiger partial charge in [-0.25, -0.2) is 8.78 Å². The zero-order valence-electron chi connectivity index (χ0n) is 9.42. The van der Waals surface area contributed by atoms with Crippen molar-refractivity contribution in [2.75, 3.05) is 0 Å². The molecule has 0 amide bonds. The van der Waals surface area contributed by atoms with Gasteiger partial charge in [0.05, 0.1) is 5.56 Å². The minimum atomic E-state index is -0.538. The highest BCUT2D eigenvalue weighted by Gasteiger charge is 2.10. The second kappa shape index (κ2) is 4.67. The summed E-state index contributed by atoms with van der Waals surface area (Å²) in [5, 5.41) is 8.74. The van der Waals surface area contributed by atoms with Gasteiger partial charge in [-0.3, -0.25) is 0 Å². The van der Waals surface area contributed by atoms with Crippen molar-refractivity contribution in [2.45, 2.75) is 6.92 Å². The van der Waals surface area contributed by atoms with Crippen LogP contribution in [-0.2, 0) is 0 Å². The molecule has 2 aromatic rings. The van der Waals surface area contributed by atoms with Crippen LogP contribution in [0.5, 0.6) is 0 Å². The second-order valence-corrected chi connectivity index (χ2v) is 4.22. The van der Waals surface area contributed by atoms with E-state index in [1.165, 1.54) is 19.1 Å². The Bertz CT molecular complexity index is 714. The number of hydrogen-bond acceptors (Lipinski definition) is 2. The lowest BCUT2D eigenvalue weighted by atomic mass is 10.1. The maximum atomic E-state index is 13.7. The number of halogens is 2. The highest BCUT2D eigenvalue weighted by atomic mass is 32.1. The van der Waals surface area contributed by atoms with Gasteiger partial charge in [-0.15, -0.1) is 0 Å². The summed E-state index contributed by atoms with van der Waals surface area (Å²) in [6.07, 6.45) is 0. The van der Waals surface area contributed by atoms with Gasteiger partial charge in [0, 0.05) is 11.3 Å². The lowest BCUT2D eigenvalue weighted by Gasteiger charge is -2.06. The summed E-state index contributed by atoms with van der Waals surface area (Å²) >= 11 is 4.95. The van der Waals surface area contributed by atoms with Gasteiger partial charge in [-0.2, -0.15) is 5.26 Å². The highest BCUT2D eigenvalue weighted by Crippen LogP contribution is 2.24. The van der Waals surface area contributed by atoms with E-state index in [0.717, 1.165) is 12.1 Å². The van der Waals surface area contributed by atoms with Gasteiger partial charge in [0.2, 0.25) is 0 Å². The molecule has 90 valence electrons. The van der Waals surface area contributed by atoms with Crippen LogP contribution in [0.15, 0.2) is 24.3 Å². The molecule has 0 unspecified atom stereocenters. The standard InChI is InChI=1S/C13H8F2N2S/c1-7-4-11(15)9(5-10(7)14)12-3-2-8(6-16)13(18)17-12/h2-5H,1H3,(H,17,18). The molecule has 0 radical (unpaired) electrons. The molecule has 18 heavy (non-hydrogen) atoms. The van der Waals surface area contributed by atoms with Crippen molar-refractivity contribution in [1.82, 2.24) is 4.98 Å². The lowest BCUT2D eigenvalue weighted by Crippen LogP contribution is -1.93. The van der Waals surface area contributed by atoms with Crippen molar-refractivity contribution < 1.29 is 8.78 Å². The molecule has 2 rings (SSSR count). The van der Waals surface area contributed by atoms with E-state index in [0.29, 0.717) is 11.3 Å². The van der Waals surface area contributed by atoms with Crippen molar-refractivity contribution in [3.05, 3.63) is 51.7 Å². The fourth-order valence-electron chi connectivity index (χ4n) is 1.57. The van der Waals surface area contributed by atoms with E-state index in [-0.39, 0.29) is 15.8 Å². The van der Waals surface area contributed by atoms with E-state index in [1.807, 2.05) is 6.07 Å².